The number of carbonyl (C=O) groups is 3. The molecule has 0 atom stereocenters. The lowest BCUT2D eigenvalue weighted by Crippen LogP contribution is -2.43. The summed E-state index contributed by atoms with van der Waals surface area (Å²) in [6.07, 6.45) is 0.761. The van der Waals surface area contributed by atoms with Crippen LogP contribution in [0.2, 0.25) is 0 Å². The molecule has 1 N–H and O–H groups in total. The molecule has 11 nitrogen and oxygen atoms in total. The van der Waals surface area contributed by atoms with Gasteiger partial charge in [0.25, 0.3) is 15.9 Å². The van der Waals surface area contributed by atoms with Gasteiger partial charge in [0.15, 0.2) is 20.8 Å². The Labute approximate surface area is 220 Å². The highest BCUT2D eigenvalue weighted by molar-refractivity contribution is 7.94. The molecule has 0 spiro atoms. The molecule has 0 fully saturated rings. The number of fused-ring (bicyclic) bond motifs is 2. The highest BCUT2D eigenvalue weighted by Crippen LogP contribution is 2.34. The first-order valence-corrected chi connectivity index (χ1v) is 14.8. The fourth-order valence-electron chi connectivity index (χ4n) is 4.12. The standard InChI is InChI=1S/C23H17FN4O7S3/c1-12-26-17-7-14-8-21(30)28(23(31)16(14)9-18(17)38(34,35)27-12)20-4-2-13(10-25-20)6-15(29)11-37(32,33)22-5-3-19(24)36-22/h2-5,7,9-10H,6,8,11H2,1H3,(H,26,27). The highest BCUT2D eigenvalue weighted by Gasteiger charge is 2.36. The van der Waals surface area contributed by atoms with Crippen LogP contribution in [0.25, 0.3) is 0 Å². The third-order valence-corrected chi connectivity index (χ3v) is 10.3. The number of amidine groups is 1. The number of Topliss-reactive ketones (excluding diaryl/α,β-unsaturated/α-hetero) is 1. The summed E-state index contributed by atoms with van der Waals surface area (Å²) >= 11 is 0.432. The SMILES string of the molecule is CC1=NS(=O)(=O)c2cc3c(cc2N1)CC(=O)N(c1ccc(CC(=O)CS(=O)(=O)c2ccc(F)s2)cn1)C3=O. The van der Waals surface area contributed by atoms with Crippen molar-refractivity contribution >= 4 is 66.1 Å². The molecule has 0 aliphatic carbocycles. The highest BCUT2D eigenvalue weighted by atomic mass is 32.2. The number of sulfonamides is 1. The molecule has 15 heteroatoms. The fraction of sp³-hybridized carbons (Fsp3) is 0.174. The number of carbonyl (C=O) groups excluding carboxylic acids is 3. The molecule has 0 bridgehead atoms. The van der Waals surface area contributed by atoms with Crippen LogP contribution in [0.1, 0.15) is 28.4 Å². The Hall–Kier alpha value is -3.82. The van der Waals surface area contributed by atoms with Gasteiger partial charge < -0.3 is 5.32 Å². The third-order valence-electron chi connectivity index (χ3n) is 5.73. The number of halogens is 1. The van der Waals surface area contributed by atoms with Gasteiger partial charge in [-0.1, -0.05) is 17.4 Å². The van der Waals surface area contributed by atoms with Crippen molar-refractivity contribution in [1.29, 1.82) is 0 Å². The molecular formula is C23H17FN4O7S3. The molecule has 5 rings (SSSR count). The number of nitrogens with zero attached hydrogens (tertiary/aromatic N) is 3. The molecule has 0 saturated carbocycles. The van der Waals surface area contributed by atoms with Gasteiger partial charge in [-0.25, -0.2) is 18.3 Å². The van der Waals surface area contributed by atoms with Gasteiger partial charge in [-0.15, -0.1) is 4.40 Å². The number of imide groups is 1. The number of thiophene rings is 1. The number of hydrogen-bond acceptors (Lipinski definition) is 10. The molecule has 196 valence electrons. The second-order valence-electron chi connectivity index (χ2n) is 8.55. The second-order valence-corrected chi connectivity index (χ2v) is 13.4. The minimum Gasteiger partial charge on any atom is -0.342 e. The number of anilines is 2. The first kappa shape index (κ1) is 25.8. The van der Waals surface area contributed by atoms with E-state index in [1.165, 1.54) is 37.4 Å². The molecule has 2 aliphatic rings. The molecule has 2 aliphatic heterocycles. The summed E-state index contributed by atoms with van der Waals surface area (Å²) < 4.78 is 66.1. The minimum absolute atomic E-state index is 0.0137. The van der Waals surface area contributed by atoms with Crippen LogP contribution in [-0.2, 0) is 42.3 Å². The number of ketones is 1. The van der Waals surface area contributed by atoms with E-state index in [4.69, 9.17) is 0 Å². The largest absolute Gasteiger partial charge is 0.342 e. The molecule has 0 radical (unpaired) electrons. The van der Waals surface area contributed by atoms with Gasteiger partial charge >= 0.3 is 0 Å². The van der Waals surface area contributed by atoms with Crippen molar-refractivity contribution in [3.63, 3.8) is 0 Å². The van der Waals surface area contributed by atoms with E-state index in [2.05, 4.69) is 14.7 Å². The predicted molar refractivity (Wildman–Crippen MR) is 135 cm³/mol. The summed E-state index contributed by atoms with van der Waals surface area (Å²) in [5.74, 6) is -2.71. The normalized spacial score (nSPS) is 16.4. The first-order chi connectivity index (χ1) is 17.8. The van der Waals surface area contributed by atoms with Crippen molar-refractivity contribution in [2.24, 2.45) is 4.40 Å². The zero-order chi connectivity index (χ0) is 27.4. The fourth-order valence-corrected chi connectivity index (χ4v) is 7.61. The van der Waals surface area contributed by atoms with Gasteiger partial charge in [-0.2, -0.15) is 12.8 Å². The molecule has 0 saturated heterocycles. The lowest BCUT2D eigenvalue weighted by Gasteiger charge is -2.28. The maximum absolute atomic E-state index is 13.2. The van der Waals surface area contributed by atoms with Crippen LogP contribution < -0.4 is 10.2 Å². The maximum atomic E-state index is 13.2. The zero-order valence-corrected chi connectivity index (χ0v) is 21.9. The summed E-state index contributed by atoms with van der Waals surface area (Å²) in [6.45, 7) is 1.48. The average Bonchev–Trinajstić information content (AvgIpc) is 3.26. The topological polar surface area (TPSA) is 160 Å². The van der Waals surface area contributed by atoms with Crippen molar-refractivity contribution in [1.82, 2.24) is 4.98 Å². The van der Waals surface area contributed by atoms with E-state index < -0.39 is 48.3 Å². The molecule has 38 heavy (non-hydrogen) atoms. The van der Waals surface area contributed by atoms with E-state index in [-0.39, 0.29) is 44.9 Å². The summed E-state index contributed by atoms with van der Waals surface area (Å²) in [5.41, 5.74) is 0.924. The number of amides is 2. The van der Waals surface area contributed by atoms with Gasteiger partial charge in [0.2, 0.25) is 5.91 Å². The number of sulfone groups is 1. The van der Waals surface area contributed by atoms with Crippen LogP contribution in [0, 0.1) is 5.13 Å². The van der Waals surface area contributed by atoms with Gasteiger partial charge in [-0.05, 0) is 48.4 Å². The van der Waals surface area contributed by atoms with Crippen LogP contribution >= 0.6 is 11.3 Å². The third kappa shape index (κ3) is 4.75. The van der Waals surface area contributed by atoms with E-state index in [0.29, 0.717) is 22.5 Å². The summed E-state index contributed by atoms with van der Waals surface area (Å²) in [6, 6.07) is 7.47. The molecule has 0 unspecified atom stereocenters. The Morgan fingerprint density at radius 3 is 2.61 bits per heavy atom. The Balaban J connectivity index is 1.35. The number of pyridine rings is 1. The Kier molecular flexibility index (Phi) is 6.24. The van der Waals surface area contributed by atoms with Crippen molar-refractivity contribution < 1.29 is 35.6 Å². The second kappa shape index (κ2) is 9.18. The van der Waals surface area contributed by atoms with E-state index in [1.54, 1.807) is 0 Å². The smallest absolute Gasteiger partial charge is 0.286 e. The molecule has 3 aromatic rings. The zero-order valence-electron chi connectivity index (χ0n) is 19.5. The molecule has 2 aromatic heterocycles. The van der Waals surface area contributed by atoms with Crippen LogP contribution in [0.5, 0.6) is 0 Å². The number of nitrogens with one attached hydrogen (secondary N) is 1. The Morgan fingerprint density at radius 1 is 1.18 bits per heavy atom. The predicted octanol–water partition coefficient (Wildman–Crippen LogP) is 2.13. The summed E-state index contributed by atoms with van der Waals surface area (Å²) in [4.78, 5) is 43.1. The number of hydrogen-bond donors (Lipinski definition) is 1. The summed E-state index contributed by atoms with van der Waals surface area (Å²) in [5, 5.41) is 2.15. The van der Waals surface area contributed by atoms with Crippen LogP contribution in [0.3, 0.4) is 0 Å². The Bertz CT molecular complexity index is 1780. The van der Waals surface area contributed by atoms with Gasteiger partial charge in [-0.3, -0.25) is 14.4 Å². The quantitative estimate of drug-likeness (QED) is 0.434. The van der Waals surface area contributed by atoms with Gasteiger partial charge in [0, 0.05) is 18.2 Å². The van der Waals surface area contributed by atoms with E-state index >= 15 is 0 Å². The maximum Gasteiger partial charge on any atom is 0.286 e. The molecular weight excluding hydrogens is 559 g/mol. The van der Waals surface area contributed by atoms with E-state index in [1.807, 2.05) is 0 Å². The Morgan fingerprint density at radius 2 is 1.95 bits per heavy atom. The van der Waals surface area contributed by atoms with Crippen LogP contribution in [0.4, 0.5) is 15.9 Å². The molecule has 2 amide bonds. The number of rotatable bonds is 6. The minimum atomic E-state index is -4.03. The van der Waals surface area contributed by atoms with E-state index in [9.17, 15) is 35.6 Å². The number of aromatic nitrogens is 1. The van der Waals surface area contributed by atoms with Crippen molar-refractivity contribution in [2.75, 3.05) is 16.0 Å². The number of benzene rings is 1. The van der Waals surface area contributed by atoms with Crippen LogP contribution in [-0.4, -0.2) is 51.0 Å². The van der Waals surface area contributed by atoms with Gasteiger partial charge in [0.1, 0.15) is 26.5 Å². The van der Waals surface area contributed by atoms with Crippen molar-refractivity contribution in [2.45, 2.75) is 28.9 Å². The first-order valence-electron chi connectivity index (χ1n) is 10.9. The van der Waals surface area contributed by atoms with Crippen LogP contribution in [0.15, 0.2) is 56.1 Å². The monoisotopic (exact) mass is 576 g/mol. The molecule has 1 aromatic carbocycles. The van der Waals surface area contributed by atoms with Crippen molar-refractivity contribution in [3.05, 3.63) is 64.4 Å². The molecule has 4 heterocycles. The van der Waals surface area contributed by atoms with Crippen molar-refractivity contribution in [3.8, 4) is 0 Å². The average molecular weight is 577 g/mol. The summed E-state index contributed by atoms with van der Waals surface area (Å²) in [7, 11) is -8.02. The van der Waals surface area contributed by atoms with Gasteiger partial charge in [0.05, 0.1) is 12.1 Å². The lowest BCUT2D eigenvalue weighted by molar-refractivity contribution is -0.118. The van der Waals surface area contributed by atoms with E-state index in [0.717, 1.165) is 17.0 Å². The lowest BCUT2D eigenvalue weighted by atomic mass is 9.97.